The van der Waals surface area contributed by atoms with Gasteiger partial charge in [0.2, 0.25) is 0 Å². The van der Waals surface area contributed by atoms with Gasteiger partial charge in [-0.05, 0) is 35.4 Å². The minimum absolute atomic E-state index is 0.0752. The predicted octanol–water partition coefficient (Wildman–Crippen LogP) is 5.45. The van der Waals surface area contributed by atoms with Crippen molar-refractivity contribution in [3.8, 4) is 11.5 Å². The average molecular weight is 448 g/mol. The van der Waals surface area contributed by atoms with E-state index in [0.717, 1.165) is 28.2 Å². The largest absolute Gasteiger partial charge is 0.489 e. The predicted molar refractivity (Wildman–Crippen MR) is 128 cm³/mol. The summed E-state index contributed by atoms with van der Waals surface area (Å²) in [4.78, 5) is 16.0. The minimum atomic E-state index is -0.810. The van der Waals surface area contributed by atoms with Gasteiger partial charge in [0.15, 0.2) is 0 Å². The molecule has 0 aliphatic carbocycles. The highest BCUT2D eigenvalue weighted by Gasteiger charge is 2.23. The first-order valence-electron chi connectivity index (χ1n) is 10.7. The van der Waals surface area contributed by atoms with Crippen LogP contribution in [0.1, 0.15) is 37.0 Å². The zero-order chi connectivity index (χ0) is 23.7. The number of aliphatic carboxylic acids is 1. The molecule has 0 aromatic heterocycles. The normalized spacial score (nSPS) is 11.7. The van der Waals surface area contributed by atoms with Crippen molar-refractivity contribution in [2.24, 2.45) is 5.16 Å². The lowest BCUT2D eigenvalue weighted by molar-refractivity contribution is -0.138. The molecule has 0 saturated heterocycles. The zero-order valence-electron chi connectivity index (χ0n) is 19.2. The van der Waals surface area contributed by atoms with E-state index in [1.54, 1.807) is 0 Å². The smallest absolute Gasteiger partial charge is 0.304 e. The number of ether oxygens (including phenoxy) is 2. The molecule has 172 valence electrons. The number of hydrogen-bond acceptors (Lipinski definition) is 5. The standard InChI is InChI=1S/C27H29NO5/c1-27(2,17-26(29)30)22-11-15-24(16-12-22)32-18-20-9-13-23(14-10-20)33-19-25(28-31-3)21-7-5-4-6-8-21/h4-16H,17-19H2,1-3H3,(H,29,30)/b28-25-. The Kier molecular flexibility index (Phi) is 8.08. The van der Waals surface area contributed by atoms with Crippen molar-refractivity contribution in [2.75, 3.05) is 13.7 Å². The fourth-order valence-electron chi connectivity index (χ4n) is 3.39. The Hall–Kier alpha value is -3.80. The summed E-state index contributed by atoms with van der Waals surface area (Å²) >= 11 is 0. The molecule has 0 heterocycles. The Balaban J connectivity index is 1.53. The third-order valence-electron chi connectivity index (χ3n) is 5.24. The molecule has 33 heavy (non-hydrogen) atoms. The molecule has 1 N–H and O–H groups in total. The number of benzene rings is 3. The summed E-state index contributed by atoms with van der Waals surface area (Å²) in [5.74, 6) is 0.645. The van der Waals surface area contributed by atoms with Crippen LogP contribution in [0.5, 0.6) is 11.5 Å². The topological polar surface area (TPSA) is 77.3 Å². The molecule has 0 saturated carbocycles. The molecule has 6 nitrogen and oxygen atoms in total. The summed E-state index contributed by atoms with van der Waals surface area (Å²) in [6, 6.07) is 25.0. The molecule has 0 aliphatic rings. The van der Waals surface area contributed by atoms with Gasteiger partial charge in [-0.25, -0.2) is 0 Å². The van der Waals surface area contributed by atoms with Gasteiger partial charge in [-0.3, -0.25) is 4.79 Å². The number of rotatable bonds is 11. The van der Waals surface area contributed by atoms with Crippen molar-refractivity contribution in [2.45, 2.75) is 32.3 Å². The molecule has 0 spiro atoms. The van der Waals surface area contributed by atoms with Gasteiger partial charge in [0.25, 0.3) is 0 Å². The number of carbonyl (C=O) groups is 1. The summed E-state index contributed by atoms with van der Waals surface area (Å²) in [6.07, 6.45) is 0.0752. The van der Waals surface area contributed by atoms with Gasteiger partial charge in [-0.2, -0.15) is 0 Å². The van der Waals surface area contributed by atoms with Gasteiger partial charge in [-0.1, -0.05) is 73.6 Å². The summed E-state index contributed by atoms with van der Waals surface area (Å²) < 4.78 is 11.7. The Morgan fingerprint density at radius 1 is 0.879 bits per heavy atom. The van der Waals surface area contributed by atoms with Crippen LogP contribution >= 0.6 is 0 Å². The van der Waals surface area contributed by atoms with Gasteiger partial charge >= 0.3 is 5.97 Å². The van der Waals surface area contributed by atoms with Crippen LogP contribution in [0.2, 0.25) is 0 Å². The van der Waals surface area contributed by atoms with E-state index in [0.29, 0.717) is 12.3 Å². The van der Waals surface area contributed by atoms with Crippen molar-refractivity contribution < 1.29 is 24.2 Å². The Morgan fingerprint density at radius 3 is 2.09 bits per heavy atom. The maximum Gasteiger partial charge on any atom is 0.304 e. The first-order chi connectivity index (χ1) is 15.9. The maximum absolute atomic E-state index is 11.1. The molecular weight excluding hydrogens is 418 g/mol. The molecule has 3 rings (SSSR count). The first-order valence-corrected chi connectivity index (χ1v) is 10.7. The van der Waals surface area contributed by atoms with Crippen LogP contribution in [0.25, 0.3) is 0 Å². The molecule has 0 unspecified atom stereocenters. The third kappa shape index (κ3) is 7.10. The number of carboxylic acid groups (broad SMARTS) is 1. The quantitative estimate of drug-likeness (QED) is 0.313. The molecule has 0 fully saturated rings. The maximum atomic E-state index is 11.1. The Bertz CT molecular complexity index is 1060. The van der Waals surface area contributed by atoms with E-state index in [4.69, 9.17) is 19.4 Å². The van der Waals surface area contributed by atoms with Crippen LogP contribution in [0, 0.1) is 0 Å². The second-order valence-corrected chi connectivity index (χ2v) is 8.29. The van der Waals surface area contributed by atoms with Crippen LogP contribution in [-0.4, -0.2) is 30.5 Å². The van der Waals surface area contributed by atoms with E-state index in [9.17, 15) is 4.79 Å². The van der Waals surface area contributed by atoms with Gasteiger partial charge in [-0.15, -0.1) is 0 Å². The van der Waals surface area contributed by atoms with Gasteiger partial charge < -0.3 is 19.4 Å². The highest BCUT2D eigenvalue weighted by Crippen LogP contribution is 2.28. The van der Waals surface area contributed by atoms with E-state index in [1.165, 1.54) is 7.11 Å². The fourth-order valence-corrected chi connectivity index (χ4v) is 3.39. The lowest BCUT2D eigenvalue weighted by Gasteiger charge is -2.23. The van der Waals surface area contributed by atoms with Crippen molar-refractivity contribution >= 4 is 11.7 Å². The molecule has 0 bridgehead atoms. The second kappa shape index (κ2) is 11.2. The third-order valence-corrected chi connectivity index (χ3v) is 5.24. The minimum Gasteiger partial charge on any atom is -0.489 e. The summed E-state index contributed by atoms with van der Waals surface area (Å²) in [6.45, 7) is 4.55. The highest BCUT2D eigenvalue weighted by molar-refractivity contribution is 6.01. The van der Waals surface area contributed by atoms with Gasteiger partial charge in [0, 0.05) is 11.0 Å². The van der Waals surface area contributed by atoms with E-state index < -0.39 is 11.4 Å². The van der Waals surface area contributed by atoms with Crippen molar-refractivity contribution in [1.29, 1.82) is 0 Å². The van der Waals surface area contributed by atoms with Crippen molar-refractivity contribution in [3.05, 3.63) is 95.6 Å². The van der Waals surface area contributed by atoms with E-state index in [-0.39, 0.29) is 13.0 Å². The molecule has 6 heteroatoms. The van der Waals surface area contributed by atoms with E-state index in [1.807, 2.05) is 92.7 Å². The Labute approximate surface area is 194 Å². The summed E-state index contributed by atoms with van der Waals surface area (Å²) in [7, 11) is 1.52. The van der Waals surface area contributed by atoms with Crippen molar-refractivity contribution in [1.82, 2.24) is 0 Å². The monoisotopic (exact) mass is 447 g/mol. The van der Waals surface area contributed by atoms with E-state index in [2.05, 4.69) is 5.16 Å². The Morgan fingerprint density at radius 2 is 1.48 bits per heavy atom. The molecule has 0 radical (unpaired) electrons. The van der Waals surface area contributed by atoms with Gasteiger partial charge in [0.1, 0.15) is 37.5 Å². The first kappa shape index (κ1) is 23.9. The highest BCUT2D eigenvalue weighted by atomic mass is 16.6. The van der Waals surface area contributed by atoms with Crippen LogP contribution in [0.15, 0.2) is 84.0 Å². The van der Waals surface area contributed by atoms with Crippen molar-refractivity contribution in [3.63, 3.8) is 0 Å². The number of hydrogen-bond donors (Lipinski definition) is 1. The fraction of sp³-hybridized carbons (Fsp3) is 0.259. The molecular formula is C27H29NO5. The lowest BCUT2D eigenvalue weighted by Crippen LogP contribution is -2.21. The summed E-state index contributed by atoms with van der Waals surface area (Å²) in [5, 5.41) is 13.2. The van der Waals surface area contributed by atoms with Crippen LogP contribution in [0.3, 0.4) is 0 Å². The van der Waals surface area contributed by atoms with Gasteiger partial charge in [0.05, 0.1) is 6.42 Å². The molecule has 0 amide bonds. The number of oxime groups is 1. The lowest BCUT2D eigenvalue weighted by atomic mass is 9.82. The van der Waals surface area contributed by atoms with Crippen LogP contribution in [-0.2, 0) is 21.7 Å². The molecule has 0 aliphatic heterocycles. The van der Waals surface area contributed by atoms with Crippen LogP contribution in [0.4, 0.5) is 0 Å². The average Bonchev–Trinajstić information content (AvgIpc) is 2.81. The molecule has 0 atom stereocenters. The number of carboxylic acids is 1. The number of nitrogens with zero attached hydrogens (tertiary/aromatic N) is 1. The summed E-state index contributed by atoms with van der Waals surface area (Å²) in [5.41, 5.74) is 3.19. The zero-order valence-corrected chi connectivity index (χ0v) is 19.2. The second-order valence-electron chi connectivity index (χ2n) is 8.29. The van der Waals surface area contributed by atoms with Crippen LogP contribution < -0.4 is 9.47 Å². The van der Waals surface area contributed by atoms with E-state index >= 15 is 0 Å². The SMILES string of the molecule is CO/N=C(/COc1ccc(COc2ccc(C(C)(C)CC(=O)O)cc2)cc1)c1ccccc1. The molecule has 3 aromatic carbocycles. The molecule has 3 aromatic rings.